The van der Waals surface area contributed by atoms with Gasteiger partial charge in [-0.2, -0.15) is 10.2 Å². The first-order valence-corrected chi connectivity index (χ1v) is 7.35. The van der Waals surface area contributed by atoms with Crippen LogP contribution in [0.3, 0.4) is 0 Å². The second kappa shape index (κ2) is 6.05. The lowest BCUT2D eigenvalue weighted by molar-refractivity contribution is 0.569. The van der Waals surface area contributed by atoms with E-state index in [-0.39, 0.29) is 0 Å². The Morgan fingerprint density at radius 3 is 2.81 bits per heavy atom. The lowest BCUT2D eigenvalue weighted by atomic mass is 10.2. The van der Waals surface area contributed by atoms with Crippen LogP contribution in [0.1, 0.15) is 25.4 Å². The fraction of sp³-hybridized carbons (Fsp3) is 0.400. The standard InChI is InChI=1S/C15H20N6/c1-3-16-9-13-12-7-5-6-8-14(12)21(19-13)10-15-17-11-18-20(15)4-2/h5-8,11,16H,3-4,9-10H2,1-2H3. The van der Waals surface area contributed by atoms with E-state index in [9.17, 15) is 0 Å². The van der Waals surface area contributed by atoms with E-state index >= 15 is 0 Å². The molecule has 0 unspecified atom stereocenters. The number of nitrogens with zero attached hydrogens (tertiary/aromatic N) is 5. The van der Waals surface area contributed by atoms with E-state index in [4.69, 9.17) is 5.10 Å². The predicted molar refractivity (Wildman–Crippen MR) is 81.9 cm³/mol. The Morgan fingerprint density at radius 1 is 1.14 bits per heavy atom. The molecule has 0 saturated carbocycles. The lowest BCUT2D eigenvalue weighted by Gasteiger charge is -2.04. The zero-order valence-corrected chi connectivity index (χ0v) is 12.5. The van der Waals surface area contributed by atoms with Crippen LogP contribution in [0.15, 0.2) is 30.6 Å². The largest absolute Gasteiger partial charge is 0.311 e. The van der Waals surface area contributed by atoms with Crippen molar-refractivity contribution in [1.29, 1.82) is 0 Å². The van der Waals surface area contributed by atoms with Crippen molar-refractivity contribution in [3.63, 3.8) is 0 Å². The molecule has 0 radical (unpaired) electrons. The van der Waals surface area contributed by atoms with Crippen molar-refractivity contribution < 1.29 is 0 Å². The fourth-order valence-electron chi connectivity index (χ4n) is 2.50. The van der Waals surface area contributed by atoms with Crippen LogP contribution >= 0.6 is 0 Å². The van der Waals surface area contributed by atoms with Gasteiger partial charge in [-0.05, 0) is 19.5 Å². The highest BCUT2D eigenvalue weighted by Crippen LogP contribution is 2.19. The van der Waals surface area contributed by atoms with Gasteiger partial charge in [0.15, 0.2) is 0 Å². The first-order valence-electron chi connectivity index (χ1n) is 7.35. The molecule has 0 atom stereocenters. The van der Waals surface area contributed by atoms with Gasteiger partial charge in [-0.25, -0.2) is 9.67 Å². The average Bonchev–Trinajstić information content (AvgIpc) is 3.11. The molecule has 21 heavy (non-hydrogen) atoms. The molecular formula is C15H20N6. The zero-order valence-electron chi connectivity index (χ0n) is 12.5. The molecule has 110 valence electrons. The maximum Gasteiger partial charge on any atom is 0.148 e. The maximum absolute atomic E-state index is 4.75. The van der Waals surface area contributed by atoms with Crippen LogP contribution in [0, 0.1) is 0 Å². The van der Waals surface area contributed by atoms with Crippen LogP contribution < -0.4 is 5.32 Å². The molecule has 6 nitrogen and oxygen atoms in total. The summed E-state index contributed by atoms with van der Waals surface area (Å²) in [6.07, 6.45) is 1.60. The van der Waals surface area contributed by atoms with Crippen LogP contribution in [0.25, 0.3) is 10.9 Å². The SMILES string of the molecule is CCNCc1nn(Cc2ncnn2CC)c2ccccc12. The molecular weight excluding hydrogens is 264 g/mol. The summed E-state index contributed by atoms with van der Waals surface area (Å²) in [5.41, 5.74) is 2.21. The molecule has 0 aliphatic rings. The first-order chi connectivity index (χ1) is 10.3. The molecule has 1 aromatic carbocycles. The number of aromatic nitrogens is 5. The summed E-state index contributed by atoms with van der Waals surface area (Å²) >= 11 is 0. The van der Waals surface area contributed by atoms with Crippen molar-refractivity contribution in [2.45, 2.75) is 33.5 Å². The van der Waals surface area contributed by atoms with E-state index in [0.29, 0.717) is 6.54 Å². The van der Waals surface area contributed by atoms with Crippen LogP contribution in [0.2, 0.25) is 0 Å². The molecule has 0 aliphatic carbocycles. The van der Waals surface area contributed by atoms with E-state index in [1.165, 1.54) is 5.39 Å². The Bertz CT molecular complexity index is 727. The molecule has 0 bridgehead atoms. The molecule has 0 spiro atoms. The monoisotopic (exact) mass is 284 g/mol. The number of nitrogens with one attached hydrogen (secondary N) is 1. The van der Waals surface area contributed by atoms with Gasteiger partial charge in [-0.15, -0.1) is 0 Å². The van der Waals surface area contributed by atoms with Gasteiger partial charge in [-0.3, -0.25) is 4.68 Å². The molecule has 1 N–H and O–H groups in total. The Kier molecular flexibility index (Phi) is 3.96. The predicted octanol–water partition coefficient (Wildman–Crippen LogP) is 1.81. The average molecular weight is 284 g/mol. The smallest absolute Gasteiger partial charge is 0.148 e. The summed E-state index contributed by atoms with van der Waals surface area (Å²) in [5, 5.41) is 13.5. The quantitative estimate of drug-likeness (QED) is 0.750. The van der Waals surface area contributed by atoms with E-state index < -0.39 is 0 Å². The highest BCUT2D eigenvalue weighted by Gasteiger charge is 2.12. The first kappa shape index (κ1) is 13.8. The summed E-state index contributed by atoms with van der Waals surface area (Å²) in [6.45, 7) is 7.34. The van der Waals surface area contributed by atoms with Crippen molar-refractivity contribution in [2.75, 3.05) is 6.54 Å². The van der Waals surface area contributed by atoms with Gasteiger partial charge in [-0.1, -0.05) is 25.1 Å². The minimum atomic E-state index is 0.639. The number of rotatable bonds is 6. The number of hydrogen-bond donors (Lipinski definition) is 1. The van der Waals surface area contributed by atoms with Crippen LogP contribution in [0.4, 0.5) is 0 Å². The van der Waals surface area contributed by atoms with Crippen molar-refractivity contribution in [3.05, 3.63) is 42.1 Å². The molecule has 0 saturated heterocycles. The second-order valence-electron chi connectivity index (χ2n) is 4.89. The zero-order chi connectivity index (χ0) is 14.7. The van der Waals surface area contributed by atoms with Gasteiger partial charge in [0, 0.05) is 18.5 Å². The Balaban J connectivity index is 1.98. The van der Waals surface area contributed by atoms with E-state index in [0.717, 1.165) is 36.7 Å². The summed E-state index contributed by atoms with van der Waals surface area (Å²) < 4.78 is 3.92. The molecule has 3 aromatic rings. The minimum absolute atomic E-state index is 0.639. The minimum Gasteiger partial charge on any atom is -0.311 e. The van der Waals surface area contributed by atoms with Crippen LogP contribution in [0.5, 0.6) is 0 Å². The summed E-state index contributed by atoms with van der Waals surface area (Å²) in [7, 11) is 0. The van der Waals surface area contributed by atoms with Crippen molar-refractivity contribution in [2.24, 2.45) is 0 Å². The maximum atomic E-state index is 4.75. The van der Waals surface area contributed by atoms with Crippen molar-refractivity contribution in [3.8, 4) is 0 Å². The Morgan fingerprint density at radius 2 is 2.00 bits per heavy atom. The van der Waals surface area contributed by atoms with E-state index in [2.05, 4.69) is 47.4 Å². The highest BCUT2D eigenvalue weighted by atomic mass is 15.4. The fourth-order valence-corrected chi connectivity index (χ4v) is 2.50. The van der Waals surface area contributed by atoms with Gasteiger partial charge in [0.2, 0.25) is 0 Å². The van der Waals surface area contributed by atoms with Gasteiger partial charge in [0.25, 0.3) is 0 Å². The van der Waals surface area contributed by atoms with Gasteiger partial charge in [0.1, 0.15) is 18.7 Å². The number of fused-ring (bicyclic) bond motifs is 1. The second-order valence-corrected chi connectivity index (χ2v) is 4.89. The van der Waals surface area contributed by atoms with Gasteiger partial charge >= 0.3 is 0 Å². The number of hydrogen-bond acceptors (Lipinski definition) is 4. The molecule has 2 aromatic heterocycles. The van der Waals surface area contributed by atoms with Crippen molar-refractivity contribution in [1.82, 2.24) is 29.9 Å². The molecule has 6 heteroatoms. The van der Waals surface area contributed by atoms with Crippen LogP contribution in [-0.2, 0) is 19.6 Å². The number of para-hydroxylation sites is 1. The third kappa shape index (κ3) is 2.67. The Labute approximate surface area is 123 Å². The summed E-state index contributed by atoms with van der Waals surface area (Å²) in [6, 6.07) is 8.32. The Hall–Kier alpha value is -2.21. The topological polar surface area (TPSA) is 60.6 Å². The van der Waals surface area contributed by atoms with Crippen LogP contribution in [-0.4, -0.2) is 31.1 Å². The highest BCUT2D eigenvalue weighted by molar-refractivity contribution is 5.81. The van der Waals surface area contributed by atoms with E-state index in [1.54, 1.807) is 6.33 Å². The van der Waals surface area contributed by atoms with Crippen molar-refractivity contribution >= 4 is 10.9 Å². The molecule has 0 aliphatic heterocycles. The van der Waals surface area contributed by atoms with E-state index in [1.807, 2.05) is 15.4 Å². The number of benzene rings is 1. The molecule has 2 heterocycles. The third-order valence-corrected chi connectivity index (χ3v) is 3.56. The number of aryl methyl sites for hydroxylation is 1. The normalized spacial score (nSPS) is 11.3. The van der Waals surface area contributed by atoms with Gasteiger partial charge < -0.3 is 5.32 Å². The molecule has 0 amide bonds. The lowest BCUT2D eigenvalue weighted by Crippen LogP contribution is -2.13. The summed E-state index contributed by atoms with van der Waals surface area (Å²) in [4.78, 5) is 4.34. The molecule has 3 rings (SSSR count). The molecule has 0 fully saturated rings. The van der Waals surface area contributed by atoms with Gasteiger partial charge in [0.05, 0.1) is 11.2 Å². The summed E-state index contributed by atoms with van der Waals surface area (Å²) in [5.74, 6) is 0.931. The third-order valence-electron chi connectivity index (χ3n) is 3.56.